The lowest BCUT2D eigenvalue weighted by Gasteiger charge is -2.15. The number of nitrogens with two attached hydrogens (primary N) is 1. The van der Waals surface area contributed by atoms with Gasteiger partial charge in [0.05, 0.1) is 12.1 Å². The van der Waals surface area contributed by atoms with Crippen LogP contribution in [0.5, 0.6) is 0 Å². The molecule has 0 fully saturated rings. The SMILES string of the molecule is CC(CC(F)(F)F)NC(=O)c1sccc1N. The highest BCUT2D eigenvalue weighted by molar-refractivity contribution is 7.12. The van der Waals surface area contributed by atoms with Crippen LogP contribution in [-0.4, -0.2) is 18.1 Å². The second kappa shape index (κ2) is 4.73. The van der Waals surface area contributed by atoms with Gasteiger partial charge in [-0.15, -0.1) is 11.3 Å². The Morgan fingerprint density at radius 2 is 2.25 bits per heavy atom. The summed E-state index contributed by atoms with van der Waals surface area (Å²) >= 11 is 1.10. The molecule has 0 saturated carbocycles. The van der Waals surface area contributed by atoms with Gasteiger partial charge in [-0.2, -0.15) is 13.2 Å². The largest absolute Gasteiger partial charge is 0.397 e. The third-order valence-corrected chi connectivity index (χ3v) is 2.75. The van der Waals surface area contributed by atoms with E-state index in [1.54, 1.807) is 5.38 Å². The summed E-state index contributed by atoms with van der Waals surface area (Å²) in [6, 6.07) is 0.572. The van der Waals surface area contributed by atoms with E-state index in [1.165, 1.54) is 13.0 Å². The maximum atomic E-state index is 12.0. The van der Waals surface area contributed by atoms with Gasteiger partial charge in [-0.25, -0.2) is 0 Å². The van der Waals surface area contributed by atoms with Crippen LogP contribution in [0.25, 0.3) is 0 Å². The minimum Gasteiger partial charge on any atom is -0.397 e. The molecule has 1 atom stereocenters. The van der Waals surface area contributed by atoms with Gasteiger partial charge in [0.1, 0.15) is 4.88 Å². The maximum Gasteiger partial charge on any atom is 0.391 e. The number of hydrogen-bond acceptors (Lipinski definition) is 3. The van der Waals surface area contributed by atoms with Crippen LogP contribution in [0, 0.1) is 0 Å². The zero-order valence-corrected chi connectivity index (χ0v) is 9.28. The second-order valence-corrected chi connectivity index (χ2v) is 4.31. The van der Waals surface area contributed by atoms with Crippen molar-refractivity contribution in [1.82, 2.24) is 5.32 Å². The van der Waals surface area contributed by atoms with Crippen LogP contribution in [0.3, 0.4) is 0 Å². The Balaban J connectivity index is 2.56. The summed E-state index contributed by atoms with van der Waals surface area (Å²) < 4.78 is 36.0. The average molecular weight is 252 g/mol. The monoisotopic (exact) mass is 252 g/mol. The van der Waals surface area contributed by atoms with Crippen molar-refractivity contribution < 1.29 is 18.0 Å². The van der Waals surface area contributed by atoms with Crippen molar-refractivity contribution in [1.29, 1.82) is 0 Å². The van der Waals surface area contributed by atoms with Gasteiger partial charge in [-0.1, -0.05) is 0 Å². The number of anilines is 1. The molecular weight excluding hydrogens is 241 g/mol. The number of thiophene rings is 1. The van der Waals surface area contributed by atoms with Gasteiger partial charge in [0.25, 0.3) is 5.91 Å². The van der Waals surface area contributed by atoms with E-state index in [-0.39, 0.29) is 10.6 Å². The molecule has 1 aromatic heterocycles. The fourth-order valence-corrected chi connectivity index (χ4v) is 1.91. The highest BCUT2D eigenvalue weighted by Crippen LogP contribution is 2.22. The Kier molecular flexibility index (Phi) is 3.79. The molecule has 0 bridgehead atoms. The normalized spacial score (nSPS) is 13.5. The summed E-state index contributed by atoms with van der Waals surface area (Å²) in [5.41, 5.74) is 5.75. The van der Waals surface area contributed by atoms with Crippen LogP contribution in [0.2, 0.25) is 0 Å². The summed E-state index contributed by atoms with van der Waals surface area (Å²) in [6.07, 6.45) is -5.34. The molecule has 1 amide bonds. The predicted octanol–water partition coefficient (Wildman–Crippen LogP) is 2.40. The van der Waals surface area contributed by atoms with Crippen LogP contribution < -0.4 is 11.1 Å². The molecule has 3 N–H and O–H groups in total. The maximum absolute atomic E-state index is 12.0. The Morgan fingerprint density at radius 3 is 2.69 bits per heavy atom. The van der Waals surface area contributed by atoms with E-state index in [0.29, 0.717) is 0 Å². The van der Waals surface area contributed by atoms with Crippen molar-refractivity contribution in [3.63, 3.8) is 0 Å². The number of hydrogen-bond donors (Lipinski definition) is 2. The lowest BCUT2D eigenvalue weighted by Crippen LogP contribution is -2.35. The van der Waals surface area contributed by atoms with E-state index in [0.717, 1.165) is 11.3 Å². The average Bonchev–Trinajstić information content (AvgIpc) is 2.47. The van der Waals surface area contributed by atoms with Gasteiger partial charge in [0.15, 0.2) is 0 Å². The van der Waals surface area contributed by atoms with Gasteiger partial charge in [0, 0.05) is 6.04 Å². The minimum absolute atomic E-state index is 0.244. The number of halogens is 3. The molecule has 3 nitrogen and oxygen atoms in total. The van der Waals surface area contributed by atoms with Gasteiger partial charge in [-0.05, 0) is 18.4 Å². The molecule has 16 heavy (non-hydrogen) atoms. The molecule has 0 aromatic carbocycles. The number of nitrogens with one attached hydrogen (secondary N) is 1. The third-order valence-electron chi connectivity index (χ3n) is 1.82. The van der Waals surface area contributed by atoms with Gasteiger partial charge >= 0.3 is 6.18 Å². The molecule has 0 aliphatic heterocycles. The molecule has 1 aromatic rings. The van der Waals surface area contributed by atoms with Crippen molar-refractivity contribution in [2.75, 3.05) is 5.73 Å². The Morgan fingerprint density at radius 1 is 1.62 bits per heavy atom. The van der Waals surface area contributed by atoms with Gasteiger partial charge in [0.2, 0.25) is 0 Å². The third kappa shape index (κ3) is 3.73. The van der Waals surface area contributed by atoms with E-state index in [2.05, 4.69) is 5.32 Å². The number of amides is 1. The molecule has 0 aliphatic carbocycles. The molecular formula is C9H11F3N2OS. The van der Waals surface area contributed by atoms with Crippen LogP contribution in [-0.2, 0) is 0 Å². The summed E-state index contributed by atoms with van der Waals surface area (Å²) in [7, 11) is 0. The number of nitrogen functional groups attached to an aromatic ring is 1. The summed E-state index contributed by atoms with van der Waals surface area (Å²) in [6.45, 7) is 1.30. The Labute approximate surface area is 94.4 Å². The number of carbonyl (C=O) groups excluding carboxylic acids is 1. The lowest BCUT2D eigenvalue weighted by molar-refractivity contribution is -0.138. The molecule has 7 heteroatoms. The van der Waals surface area contributed by atoms with E-state index in [1.807, 2.05) is 0 Å². The smallest absolute Gasteiger partial charge is 0.391 e. The molecule has 0 spiro atoms. The molecule has 1 heterocycles. The lowest BCUT2D eigenvalue weighted by atomic mass is 10.2. The summed E-state index contributed by atoms with van der Waals surface area (Å²) in [4.78, 5) is 11.7. The van der Waals surface area contributed by atoms with Crippen LogP contribution in [0.4, 0.5) is 18.9 Å². The first-order chi connectivity index (χ1) is 7.29. The molecule has 90 valence electrons. The first-order valence-corrected chi connectivity index (χ1v) is 5.38. The fraction of sp³-hybridized carbons (Fsp3) is 0.444. The van der Waals surface area contributed by atoms with Gasteiger partial charge in [-0.3, -0.25) is 4.79 Å². The number of carbonyl (C=O) groups is 1. The predicted molar refractivity (Wildman–Crippen MR) is 56.3 cm³/mol. The fourth-order valence-electron chi connectivity index (χ4n) is 1.19. The van der Waals surface area contributed by atoms with Crippen molar-refractivity contribution in [2.24, 2.45) is 0 Å². The van der Waals surface area contributed by atoms with Crippen molar-refractivity contribution in [2.45, 2.75) is 25.6 Å². The van der Waals surface area contributed by atoms with E-state index >= 15 is 0 Å². The van der Waals surface area contributed by atoms with Crippen LogP contribution >= 0.6 is 11.3 Å². The summed E-state index contributed by atoms with van der Waals surface area (Å²) in [5, 5.41) is 3.86. The second-order valence-electron chi connectivity index (χ2n) is 3.40. The minimum atomic E-state index is -4.28. The zero-order chi connectivity index (χ0) is 12.3. The first-order valence-electron chi connectivity index (χ1n) is 4.50. The highest BCUT2D eigenvalue weighted by atomic mass is 32.1. The first kappa shape index (κ1) is 12.8. The van der Waals surface area contributed by atoms with Crippen molar-refractivity contribution in [3.8, 4) is 0 Å². The molecule has 0 aliphatic rings. The zero-order valence-electron chi connectivity index (χ0n) is 8.47. The molecule has 0 saturated heterocycles. The topological polar surface area (TPSA) is 55.1 Å². The van der Waals surface area contributed by atoms with Crippen LogP contribution in [0.15, 0.2) is 11.4 Å². The molecule has 0 radical (unpaired) electrons. The Hall–Kier alpha value is -1.24. The van der Waals surface area contributed by atoms with E-state index < -0.39 is 24.5 Å². The Bertz CT molecular complexity index is 375. The highest BCUT2D eigenvalue weighted by Gasteiger charge is 2.30. The number of alkyl halides is 3. The van der Waals surface area contributed by atoms with E-state index in [9.17, 15) is 18.0 Å². The molecule has 1 rings (SSSR count). The standard InChI is InChI=1S/C9H11F3N2OS/c1-5(4-9(10,11)12)14-8(15)7-6(13)2-3-16-7/h2-3,5H,4,13H2,1H3,(H,14,15). The number of rotatable bonds is 3. The van der Waals surface area contributed by atoms with E-state index in [4.69, 9.17) is 5.73 Å². The molecule has 1 unspecified atom stereocenters. The van der Waals surface area contributed by atoms with Crippen molar-refractivity contribution in [3.05, 3.63) is 16.3 Å². The summed E-state index contributed by atoms with van der Waals surface area (Å²) in [5.74, 6) is -0.566. The van der Waals surface area contributed by atoms with Crippen LogP contribution in [0.1, 0.15) is 23.0 Å². The van der Waals surface area contributed by atoms with Gasteiger partial charge < -0.3 is 11.1 Å². The quantitative estimate of drug-likeness (QED) is 0.867. The van der Waals surface area contributed by atoms with Crippen molar-refractivity contribution >= 4 is 22.9 Å².